The van der Waals surface area contributed by atoms with E-state index in [4.69, 9.17) is 28.3 Å². The average Bonchev–Trinajstić information content (AvgIpc) is 3.26. The van der Waals surface area contributed by atoms with Crippen molar-refractivity contribution < 1.29 is 81.7 Å². The first kappa shape index (κ1) is 61.1. The number of hydrogen-bond acceptors (Lipinski definition) is 14. The molecule has 0 aromatic carbocycles. The van der Waals surface area contributed by atoms with E-state index >= 15 is 0 Å². The van der Waals surface area contributed by atoms with Gasteiger partial charge in [-0.05, 0) is 76.7 Å². The quantitative estimate of drug-likeness (QED) is 0.00770. The van der Waals surface area contributed by atoms with Gasteiger partial charge < -0.3 is 44.6 Å². The maximum absolute atomic E-state index is 13.0. The zero-order valence-corrected chi connectivity index (χ0v) is 40.6. The number of phosphoric acid groups is 2. The van der Waals surface area contributed by atoms with Gasteiger partial charge in [-0.3, -0.25) is 28.0 Å². The average molecular weight is 977 g/mol. The van der Waals surface area contributed by atoms with Crippen LogP contribution in [0.2, 0.25) is 0 Å². The molecule has 1 aliphatic rings. The summed E-state index contributed by atoms with van der Waals surface area (Å²) in [6, 6.07) is 0. The number of esters is 2. The molecule has 8 atom stereocenters. The zero-order valence-electron chi connectivity index (χ0n) is 38.8. The lowest BCUT2D eigenvalue weighted by atomic mass is 9.85. The van der Waals surface area contributed by atoms with Crippen LogP contribution < -0.4 is 0 Å². The minimum atomic E-state index is -5.38. The van der Waals surface area contributed by atoms with Gasteiger partial charge in [0, 0.05) is 19.3 Å². The number of allylic oxidation sites excluding steroid dienone is 12. The van der Waals surface area contributed by atoms with Gasteiger partial charge in [-0.2, -0.15) is 0 Å². The topological polar surface area (TPSA) is 273 Å². The van der Waals surface area contributed by atoms with Crippen molar-refractivity contribution in [2.24, 2.45) is 0 Å². The maximum Gasteiger partial charge on any atom is 0.472 e. The van der Waals surface area contributed by atoms with Crippen LogP contribution in [-0.4, -0.2) is 109 Å². The first-order valence-electron chi connectivity index (χ1n) is 23.4. The van der Waals surface area contributed by atoms with E-state index < -0.39 is 83.5 Å². The van der Waals surface area contributed by atoms with Crippen LogP contribution in [-0.2, 0) is 46.6 Å². The Kier molecular flexibility index (Phi) is 34.3. The largest absolute Gasteiger partial charge is 0.472 e. The van der Waals surface area contributed by atoms with E-state index in [-0.39, 0.29) is 18.6 Å². The highest BCUT2D eigenvalue weighted by Gasteiger charge is 2.54. The molecule has 0 amide bonds. The number of hydrogen-bond donors (Lipinski definition) is 7. The number of aliphatic hydroxyl groups is 4. The van der Waals surface area contributed by atoms with Gasteiger partial charge >= 0.3 is 27.6 Å². The minimum absolute atomic E-state index is 0.0224. The van der Waals surface area contributed by atoms with Gasteiger partial charge in [0.25, 0.3) is 0 Å². The van der Waals surface area contributed by atoms with Crippen LogP contribution in [0.5, 0.6) is 0 Å². The summed E-state index contributed by atoms with van der Waals surface area (Å²) < 4.78 is 49.2. The van der Waals surface area contributed by atoms with Crippen molar-refractivity contribution in [1.82, 2.24) is 0 Å². The first-order chi connectivity index (χ1) is 31.5. The molecule has 0 spiro atoms. The number of ether oxygens (including phenoxy) is 2. The molecule has 0 aromatic rings. The van der Waals surface area contributed by atoms with E-state index in [0.29, 0.717) is 32.1 Å². The Balaban J connectivity index is 2.67. The second kappa shape index (κ2) is 37.1. The molecule has 0 bridgehead atoms. The van der Waals surface area contributed by atoms with Crippen LogP contribution in [0.3, 0.4) is 0 Å². The van der Waals surface area contributed by atoms with E-state index in [9.17, 15) is 48.8 Å². The molecule has 0 aliphatic heterocycles. The Labute approximate surface area is 391 Å². The number of carbonyl (C=O) groups is 3. The summed E-state index contributed by atoms with van der Waals surface area (Å²) in [6.45, 7) is 2.84. The highest BCUT2D eigenvalue weighted by Crippen LogP contribution is 2.49. The van der Waals surface area contributed by atoms with E-state index in [0.717, 1.165) is 70.6 Å². The van der Waals surface area contributed by atoms with E-state index in [1.165, 1.54) is 19.3 Å². The smallest absolute Gasteiger partial charge is 0.462 e. The number of phosphoric ester groups is 2. The Hall–Kier alpha value is -2.89. The summed E-state index contributed by atoms with van der Waals surface area (Å²) in [5.41, 5.74) is 0. The van der Waals surface area contributed by atoms with Crippen LogP contribution in [0.1, 0.15) is 149 Å². The normalized spacial score (nSPS) is 22.1. The van der Waals surface area contributed by atoms with Crippen molar-refractivity contribution in [3.05, 3.63) is 72.9 Å². The second-order valence-electron chi connectivity index (χ2n) is 16.2. The molecule has 5 unspecified atom stereocenters. The van der Waals surface area contributed by atoms with Crippen molar-refractivity contribution in [2.45, 2.75) is 191 Å². The molecule has 1 saturated carbocycles. The fourth-order valence-corrected chi connectivity index (χ4v) is 8.07. The maximum atomic E-state index is 13.0. The minimum Gasteiger partial charge on any atom is -0.462 e. The zero-order chi connectivity index (χ0) is 49.1. The lowest BCUT2D eigenvalue weighted by molar-refractivity contribution is -0.216. The van der Waals surface area contributed by atoms with Gasteiger partial charge in [0.2, 0.25) is 0 Å². The van der Waals surface area contributed by atoms with Crippen molar-refractivity contribution in [1.29, 1.82) is 0 Å². The SMILES string of the molecule is CCCCC/C=C\C/C=C\C/C=C\C/C=C\CCCC(=O)OC[C@H](COP(=O)(O)O[C@H]1C(O)C(O)C(O)[C@@H](OP(=O)(O)O)C1O)OC(=O)CCCCCCC/C=C\C=C\C(=O)CCCCC. The third-order valence-electron chi connectivity index (χ3n) is 10.2. The predicted octanol–water partition coefficient (Wildman–Crippen LogP) is 8.02. The number of carbonyl (C=O) groups excluding carboxylic acids is 3. The second-order valence-corrected chi connectivity index (χ2v) is 18.7. The van der Waals surface area contributed by atoms with E-state index in [2.05, 4.69) is 54.8 Å². The predicted molar refractivity (Wildman–Crippen MR) is 251 cm³/mol. The molecule has 1 aliphatic carbocycles. The van der Waals surface area contributed by atoms with Gasteiger partial charge in [0.05, 0.1) is 6.61 Å². The molecule has 0 heterocycles. The van der Waals surface area contributed by atoms with Crippen LogP contribution in [0.15, 0.2) is 72.9 Å². The Morgan fingerprint density at radius 1 is 0.530 bits per heavy atom. The molecular weight excluding hydrogens is 898 g/mol. The highest BCUT2D eigenvalue weighted by atomic mass is 31.2. The van der Waals surface area contributed by atoms with Crippen molar-refractivity contribution in [3.63, 3.8) is 0 Å². The number of aliphatic hydroxyl groups excluding tert-OH is 4. The van der Waals surface area contributed by atoms with Gasteiger partial charge in [-0.15, -0.1) is 0 Å². The van der Waals surface area contributed by atoms with Gasteiger partial charge in [-0.1, -0.05) is 126 Å². The Morgan fingerprint density at radius 3 is 1.65 bits per heavy atom. The van der Waals surface area contributed by atoms with Crippen LogP contribution in [0.4, 0.5) is 0 Å². The number of ketones is 1. The summed E-state index contributed by atoms with van der Waals surface area (Å²) in [5.74, 6) is -1.22. The lowest BCUT2D eigenvalue weighted by Gasteiger charge is -2.43. The molecule has 0 saturated heterocycles. The molecule has 378 valence electrons. The molecule has 0 radical (unpaired) electrons. The molecule has 19 heteroatoms. The summed E-state index contributed by atoms with van der Waals surface area (Å²) in [7, 11) is -10.7. The molecule has 1 rings (SSSR count). The Morgan fingerprint density at radius 2 is 1.03 bits per heavy atom. The molecule has 66 heavy (non-hydrogen) atoms. The Bertz CT molecular complexity index is 1620. The monoisotopic (exact) mass is 976 g/mol. The van der Waals surface area contributed by atoms with Gasteiger partial charge in [0.15, 0.2) is 11.9 Å². The third kappa shape index (κ3) is 31.2. The van der Waals surface area contributed by atoms with Gasteiger partial charge in [-0.25, -0.2) is 9.13 Å². The summed E-state index contributed by atoms with van der Waals surface area (Å²) in [4.78, 5) is 66.0. The van der Waals surface area contributed by atoms with Crippen LogP contribution in [0, 0.1) is 0 Å². The molecule has 0 aromatic heterocycles. The lowest BCUT2D eigenvalue weighted by Crippen LogP contribution is -2.64. The number of unbranched alkanes of at least 4 members (excludes halogenated alkanes) is 11. The summed E-state index contributed by atoms with van der Waals surface area (Å²) >= 11 is 0. The fourth-order valence-electron chi connectivity index (χ4n) is 6.53. The standard InChI is InChI=1S/C47H78O17P2/c1-3-5-7-8-9-10-11-12-13-14-15-16-17-20-23-26-30-34-40(49)60-36-39(62-41(50)35-31-27-24-21-18-19-22-25-29-33-38(48)32-28-6-4-2)37-61-66(58,59)64-47-44(53)42(51)43(52)46(45(47)54)63-65(55,56)57/h9-10,12-13,15-16,20,22-23,25,29,33,39,42-47,51-54H,3-8,11,14,17-19,21,24,26-28,30-32,34-37H2,1-2H3,(H,58,59)(H2,55,56,57)/b10-9-,13-12-,16-15-,23-20-,25-22-,33-29+/t39-,42?,43?,44?,45?,46-,47+/m1/s1. The van der Waals surface area contributed by atoms with Crippen molar-refractivity contribution in [3.8, 4) is 0 Å². The fraction of sp³-hybridized carbons (Fsp3) is 0.681. The number of rotatable bonds is 38. The molecule has 17 nitrogen and oxygen atoms in total. The van der Waals surface area contributed by atoms with E-state index in [1.54, 1.807) is 12.2 Å². The molecule has 1 fully saturated rings. The van der Waals surface area contributed by atoms with Crippen molar-refractivity contribution in [2.75, 3.05) is 13.2 Å². The molecule has 7 N–H and O–H groups in total. The van der Waals surface area contributed by atoms with Crippen LogP contribution in [0.25, 0.3) is 0 Å². The summed E-state index contributed by atoms with van der Waals surface area (Å²) in [6.07, 6.45) is 25.6. The van der Waals surface area contributed by atoms with Crippen molar-refractivity contribution >= 4 is 33.4 Å². The third-order valence-corrected chi connectivity index (χ3v) is 11.7. The van der Waals surface area contributed by atoms with E-state index in [1.807, 2.05) is 24.3 Å². The highest BCUT2D eigenvalue weighted by molar-refractivity contribution is 7.47. The van der Waals surface area contributed by atoms with Gasteiger partial charge in [0.1, 0.15) is 43.2 Å². The molecular formula is C47H78O17P2. The first-order valence-corrected chi connectivity index (χ1v) is 26.5. The van der Waals surface area contributed by atoms with Crippen LogP contribution >= 0.6 is 15.6 Å². The summed E-state index contributed by atoms with van der Waals surface area (Å²) in [5, 5.41) is 41.2.